The Kier molecular flexibility index (Phi) is 5.91. The highest BCUT2D eigenvalue weighted by Crippen LogP contribution is 2.26. The number of hydrogen-bond acceptors (Lipinski definition) is 5. The molecule has 1 saturated heterocycles. The Balaban J connectivity index is 1.60. The maximum atomic E-state index is 11.4. The number of carbonyl (C=O) groups is 2. The van der Waals surface area contributed by atoms with Gasteiger partial charge in [0.05, 0.1) is 23.5 Å². The van der Waals surface area contributed by atoms with Crippen molar-refractivity contribution >= 4 is 41.1 Å². The molecule has 3 rings (SSSR count). The van der Waals surface area contributed by atoms with Crippen LogP contribution in [0.1, 0.15) is 35.2 Å². The topological polar surface area (TPSA) is 73.7 Å². The van der Waals surface area contributed by atoms with E-state index in [-0.39, 0.29) is 5.91 Å². The minimum Gasteiger partial charge on any atom is -0.481 e. The van der Waals surface area contributed by atoms with Crippen LogP contribution in [0.4, 0.5) is 5.69 Å². The molecule has 1 unspecified atom stereocenters. The van der Waals surface area contributed by atoms with E-state index in [9.17, 15) is 9.59 Å². The van der Waals surface area contributed by atoms with Crippen LogP contribution in [0.2, 0.25) is 0 Å². The molecule has 6 nitrogen and oxygen atoms in total. The zero-order valence-electron chi connectivity index (χ0n) is 15.5. The molecule has 1 atom stereocenters. The number of pyridine rings is 1. The highest BCUT2D eigenvalue weighted by Gasteiger charge is 2.19. The van der Waals surface area contributed by atoms with Gasteiger partial charge in [0, 0.05) is 42.9 Å². The summed E-state index contributed by atoms with van der Waals surface area (Å²) in [6.45, 7) is 6.42. The zero-order valence-corrected chi connectivity index (χ0v) is 16.3. The molecule has 27 heavy (non-hydrogen) atoms. The maximum Gasteiger partial charge on any atom is 0.311 e. The van der Waals surface area contributed by atoms with Gasteiger partial charge in [0.25, 0.3) is 0 Å². The van der Waals surface area contributed by atoms with Crippen LogP contribution in [0, 0.1) is 0 Å². The lowest BCUT2D eigenvalue weighted by Crippen LogP contribution is -2.48. The van der Waals surface area contributed by atoms with Crippen LogP contribution in [0.5, 0.6) is 0 Å². The fraction of sp³-hybridized carbons (Fsp3) is 0.350. The SMILES string of the molecule is CC(=O)N1CCN(c2ccc(C=Cc3ccc(C(C)C(=O)O)s3)nc2)CC1. The lowest BCUT2D eigenvalue weighted by Gasteiger charge is -2.35. The van der Waals surface area contributed by atoms with Gasteiger partial charge in [-0.05, 0) is 43.3 Å². The molecule has 142 valence electrons. The molecule has 1 fully saturated rings. The zero-order chi connectivity index (χ0) is 19.4. The van der Waals surface area contributed by atoms with Gasteiger partial charge >= 0.3 is 5.97 Å². The highest BCUT2D eigenvalue weighted by atomic mass is 32.1. The van der Waals surface area contributed by atoms with Crippen molar-refractivity contribution in [1.29, 1.82) is 0 Å². The number of piperazine rings is 1. The van der Waals surface area contributed by atoms with E-state index in [0.29, 0.717) is 0 Å². The highest BCUT2D eigenvalue weighted by molar-refractivity contribution is 7.13. The van der Waals surface area contributed by atoms with Crippen molar-refractivity contribution in [2.45, 2.75) is 19.8 Å². The Labute approximate surface area is 162 Å². The molecule has 3 heterocycles. The molecule has 0 spiro atoms. The van der Waals surface area contributed by atoms with E-state index in [1.807, 2.05) is 47.5 Å². The summed E-state index contributed by atoms with van der Waals surface area (Å²) in [5, 5.41) is 9.08. The van der Waals surface area contributed by atoms with Crippen molar-refractivity contribution < 1.29 is 14.7 Å². The van der Waals surface area contributed by atoms with E-state index >= 15 is 0 Å². The van der Waals surface area contributed by atoms with Crippen LogP contribution in [-0.2, 0) is 9.59 Å². The molecule has 0 bridgehead atoms. The van der Waals surface area contributed by atoms with E-state index in [1.165, 1.54) is 11.3 Å². The molecular weight excluding hydrogens is 362 g/mol. The molecule has 1 N–H and O–H groups in total. The number of thiophene rings is 1. The van der Waals surface area contributed by atoms with Gasteiger partial charge in [0.1, 0.15) is 0 Å². The Hall–Kier alpha value is -2.67. The number of carboxylic acids is 1. The van der Waals surface area contributed by atoms with E-state index in [0.717, 1.165) is 47.3 Å². The Bertz CT molecular complexity index is 836. The molecule has 1 amide bonds. The smallest absolute Gasteiger partial charge is 0.311 e. The first kappa shape index (κ1) is 19.1. The summed E-state index contributed by atoms with van der Waals surface area (Å²) in [5.74, 6) is -1.17. The summed E-state index contributed by atoms with van der Waals surface area (Å²) in [4.78, 5) is 32.9. The van der Waals surface area contributed by atoms with Gasteiger partial charge in [0.15, 0.2) is 0 Å². The van der Waals surface area contributed by atoms with Crippen molar-refractivity contribution in [1.82, 2.24) is 9.88 Å². The fourth-order valence-corrected chi connectivity index (χ4v) is 3.90. The second-order valence-corrected chi connectivity index (χ2v) is 7.71. The van der Waals surface area contributed by atoms with Crippen LogP contribution in [0.15, 0.2) is 30.5 Å². The number of aromatic nitrogens is 1. The molecule has 1 aliphatic rings. The van der Waals surface area contributed by atoms with Crippen LogP contribution in [0.3, 0.4) is 0 Å². The molecular formula is C20H23N3O3S. The molecule has 2 aromatic heterocycles. The summed E-state index contributed by atoms with van der Waals surface area (Å²) in [5.41, 5.74) is 1.91. The van der Waals surface area contributed by atoms with Crippen molar-refractivity contribution in [3.8, 4) is 0 Å². The first-order chi connectivity index (χ1) is 12.9. The van der Waals surface area contributed by atoms with E-state index in [1.54, 1.807) is 13.8 Å². The Morgan fingerprint density at radius 3 is 2.48 bits per heavy atom. The normalized spacial score (nSPS) is 15.9. The molecule has 0 aliphatic carbocycles. The number of carbonyl (C=O) groups excluding carboxylic acids is 1. The second kappa shape index (κ2) is 8.35. The molecule has 0 radical (unpaired) electrons. The number of rotatable bonds is 5. The third kappa shape index (κ3) is 4.74. The summed E-state index contributed by atoms with van der Waals surface area (Å²) < 4.78 is 0. The number of anilines is 1. The standard InChI is InChI=1S/C20H23N3O3S/c1-14(20(25)26)19-8-7-18(27-19)6-4-16-3-5-17(13-21-16)23-11-9-22(10-12-23)15(2)24/h3-8,13-14H,9-12H2,1-2H3,(H,25,26). The minimum atomic E-state index is -0.811. The van der Waals surface area contributed by atoms with Crippen LogP contribution in [0.25, 0.3) is 12.2 Å². The molecule has 0 saturated carbocycles. The van der Waals surface area contributed by atoms with Crippen LogP contribution < -0.4 is 4.90 Å². The molecule has 1 aliphatic heterocycles. The van der Waals surface area contributed by atoms with Gasteiger partial charge in [-0.2, -0.15) is 0 Å². The molecule has 0 aromatic carbocycles. The van der Waals surface area contributed by atoms with Crippen molar-refractivity contribution in [2.75, 3.05) is 31.1 Å². The molecule has 2 aromatic rings. The molecule has 7 heteroatoms. The van der Waals surface area contributed by atoms with Crippen molar-refractivity contribution in [3.63, 3.8) is 0 Å². The fourth-order valence-electron chi connectivity index (χ4n) is 2.94. The maximum absolute atomic E-state index is 11.4. The average Bonchev–Trinajstić information content (AvgIpc) is 3.15. The first-order valence-electron chi connectivity index (χ1n) is 8.91. The monoisotopic (exact) mass is 385 g/mol. The van der Waals surface area contributed by atoms with Crippen LogP contribution in [-0.4, -0.2) is 53.0 Å². The minimum absolute atomic E-state index is 0.128. The second-order valence-electron chi connectivity index (χ2n) is 6.57. The number of amides is 1. The lowest BCUT2D eigenvalue weighted by atomic mass is 10.1. The lowest BCUT2D eigenvalue weighted by molar-refractivity contribution is -0.138. The average molecular weight is 385 g/mol. The number of carboxylic acid groups (broad SMARTS) is 1. The summed E-state index contributed by atoms with van der Waals surface area (Å²) in [6, 6.07) is 7.80. The number of nitrogens with zero attached hydrogens (tertiary/aromatic N) is 3. The van der Waals surface area contributed by atoms with Gasteiger partial charge in [-0.1, -0.05) is 0 Å². The largest absolute Gasteiger partial charge is 0.481 e. The van der Waals surface area contributed by atoms with Crippen molar-refractivity contribution in [2.24, 2.45) is 0 Å². The van der Waals surface area contributed by atoms with E-state index in [4.69, 9.17) is 5.11 Å². The van der Waals surface area contributed by atoms with E-state index < -0.39 is 11.9 Å². The van der Waals surface area contributed by atoms with E-state index in [2.05, 4.69) is 9.88 Å². The van der Waals surface area contributed by atoms with Gasteiger partial charge in [-0.15, -0.1) is 11.3 Å². The van der Waals surface area contributed by atoms with Gasteiger partial charge in [-0.3, -0.25) is 14.6 Å². The van der Waals surface area contributed by atoms with Crippen molar-refractivity contribution in [3.05, 3.63) is 45.9 Å². The predicted molar refractivity (Wildman–Crippen MR) is 108 cm³/mol. The van der Waals surface area contributed by atoms with Crippen LogP contribution >= 0.6 is 11.3 Å². The predicted octanol–water partition coefficient (Wildman–Crippen LogP) is 3.17. The Morgan fingerprint density at radius 1 is 1.15 bits per heavy atom. The third-order valence-electron chi connectivity index (χ3n) is 4.72. The summed E-state index contributed by atoms with van der Waals surface area (Å²) in [6.07, 6.45) is 5.74. The third-order valence-corrected chi connectivity index (χ3v) is 5.96. The van der Waals surface area contributed by atoms with Gasteiger partial charge in [0.2, 0.25) is 5.91 Å². The summed E-state index contributed by atoms with van der Waals surface area (Å²) >= 11 is 1.48. The quantitative estimate of drug-likeness (QED) is 0.856. The first-order valence-corrected chi connectivity index (χ1v) is 9.73. The number of hydrogen-bond donors (Lipinski definition) is 1. The number of aliphatic carboxylic acids is 1. The van der Waals surface area contributed by atoms with Gasteiger partial charge < -0.3 is 14.9 Å². The Morgan fingerprint density at radius 2 is 1.89 bits per heavy atom. The van der Waals surface area contributed by atoms with Gasteiger partial charge in [-0.25, -0.2) is 0 Å². The summed E-state index contributed by atoms with van der Waals surface area (Å²) in [7, 11) is 0.